The molecule has 0 bridgehead atoms. The molecule has 0 unspecified atom stereocenters. The number of rotatable bonds is 4. The third-order valence-electron chi connectivity index (χ3n) is 4.79. The van der Waals surface area contributed by atoms with Gasteiger partial charge in [-0.25, -0.2) is 0 Å². The zero-order valence-electron chi connectivity index (χ0n) is 12.7. The Morgan fingerprint density at radius 2 is 1.86 bits per heavy atom. The summed E-state index contributed by atoms with van der Waals surface area (Å²) in [6, 6.07) is 18.2. The minimum atomic E-state index is -0.380. The molecular formula is C19H20ClNO. The Bertz CT molecular complexity index is 653. The van der Waals surface area contributed by atoms with Crippen molar-refractivity contribution in [2.75, 3.05) is 13.1 Å². The summed E-state index contributed by atoms with van der Waals surface area (Å²) in [4.78, 5) is 12.6. The van der Waals surface area contributed by atoms with Crippen molar-refractivity contribution in [2.24, 2.45) is 5.41 Å². The number of halogens is 1. The molecule has 1 aliphatic heterocycles. The van der Waals surface area contributed by atoms with Crippen LogP contribution in [0.25, 0.3) is 0 Å². The summed E-state index contributed by atoms with van der Waals surface area (Å²) in [5.41, 5.74) is 2.01. The molecule has 1 heterocycles. The highest BCUT2D eigenvalue weighted by molar-refractivity contribution is 6.30. The number of carbonyl (C=O) groups excluding carboxylic acids is 1. The molecule has 2 aromatic rings. The van der Waals surface area contributed by atoms with Crippen molar-refractivity contribution >= 4 is 17.4 Å². The van der Waals surface area contributed by atoms with Gasteiger partial charge in [-0.2, -0.15) is 0 Å². The van der Waals surface area contributed by atoms with Gasteiger partial charge in [-0.05, 0) is 36.6 Å². The van der Waals surface area contributed by atoms with Gasteiger partial charge in [-0.1, -0.05) is 54.1 Å². The average Bonchev–Trinajstić information content (AvgIpc) is 2.94. The van der Waals surface area contributed by atoms with E-state index in [0.717, 1.165) is 24.5 Å². The Morgan fingerprint density at radius 1 is 1.18 bits per heavy atom. The fourth-order valence-corrected chi connectivity index (χ4v) is 3.66. The number of ketones is 1. The van der Waals surface area contributed by atoms with E-state index < -0.39 is 0 Å². The van der Waals surface area contributed by atoms with Crippen LogP contribution in [0, 0.1) is 5.41 Å². The van der Waals surface area contributed by atoms with E-state index in [2.05, 4.69) is 17.4 Å². The van der Waals surface area contributed by atoms with Gasteiger partial charge in [-0.3, -0.25) is 4.79 Å². The Labute approximate surface area is 136 Å². The first-order chi connectivity index (χ1) is 10.6. The minimum absolute atomic E-state index is 0.183. The third kappa shape index (κ3) is 2.81. The van der Waals surface area contributed by atoms with E-state index >= 15 is 0 Å². The molecule has 1 N–H and O–H groups in total. The predicted molar refractivity (Wildman–Crippen MR) is 90.3 cm³/mol. The lowest BCUT2D eigenvalue weighted by molar-refractivity contribution is -0.126. The van der Waals surface area contributed by atoms with Crippen LogP contribution in [0.2, 0.25) is 5.02 Å². The second-order valence-electron chi connectivity index (χ2n) is 6.11. The minimum Gasteiger partial charge on any atom is -0.315 e. The summed E-state index contributed by atoms with van der Waals surface area (Å²) in [5.74, 6) is 0.434. The Kier molecular flexibility index (Phi) is 4.32. The summed E-state index contributed by atoms with van der Waals surface area (Å²) in [5, 5.41) is 4.15. The van der Waals surface area contributed by atoms with E-state index in [1.54, 1.807) is 6.92 Å². The predicted octanol–water partition coefficient (Wildman–Crippen LogP) is 3.84. The summed E-state index contributed by atoms with van der Waals surface area (Å²) in [6.45, 7) is 3.28. The number of nitrogens with one attached hydrogen (secondary N) is 1. The van der Waals surface area contributed by atoms with E-state index in [9.17, 15) is 4.79 Å². The van der Waals surface area contributed by atoms with Gasteiger partial charge in [0.05, 0.1) is 5.41 Å². The lowest BCUT2D eigenvalue weighted by Crippen LogP contribution is -2.38. The van der Waals surface area contributed by atoms with E-state index in [1.165, 1.54) is 11.1 Å². The first-order valence-electron chi connectivity index (χ1n) is 7.63. The molecule has 0 saturated carbocycles. The van der Waals surface area contributed by atoms with Crippen LogP contribution in [0.1, 0.15) is 24.0 Å². The molecule has 2 aromatic carbocycles. The first-order valence-corrected chi connectivity index (χ1v) is 8.01. The quantitative estimate of drug-likeness (QED) is 0.929. The van der Waals surface area contributed by atoms with Crippen molar-refractivity contribution in [3.8, 4) is 0 Å². The van der Waals surface area contributed by atoms with E-state index in [4.69, 9.17) is 11.6 Å². The number of benzene rings is 2. The Morgan fingerprint density at radius 3 is 2.50 bits per heavy atom. The summed E-state index contributed by atoms with van der Waals surface area (Å²) < 4.78 is 0. The van der Waals surface area contributed by atoms with Crippen LogP contribution in [-0.2, 0) is 11.2 Å². The highest BCUT2D eigenvalue weighted by Crippen LogP contribution is 2.43. The zero-order chi connectivity index (χ0) is 15.6. The van der Waals surface area contributed by atoms with Crippen molar-refractivity contribution in [3.05, 3.63) is 70.7 Å². The van der Waals surface area contributed by atoms with Crippen LogP contribution in [-0.4, -0.2) is 18.9 Å². The molecule has 0 aliphatic carbocycles. The van der Waals surface area contributed by atoms with Gasteiger partial charge in [0.1, 0.15) is 5.78 Å². The molecule has 22 heavy (non-hydrogen) atoms. The fourth-order valence-electron chi connectivity index (χ4n) is 3.53. The summed E-state index contributed by atoms with van der Waals surface area (Å²) >= 11 is 6.00. The highest BCUT2D eigenvalue weighted by Gasteiger charge is 2.47. The molecule has 3 heteroatoms. The van der Waals surface area contributed by atoms with Crippen LogP contribution in [0.3, 0.4) is 0 Å². The molecule has 1 fully saturated rings. The number of Topliss-reactive ketones (excluding diaryl/α,β-unsaturated/α-hetero) is 1. The van der Waals surface area contributed by atoms with Crippen LogP contribution in [0.4, 0.5) is 0 Å². The van der Waals surface area contributed by atoms with E-state index in [0.29, 0.717) is 0 Å². The topological polar surface area (TPSA) is 29.1 Å². The van der Waals surface area contributed by atoms with Gasteiger partial charge in [0.25, 0.3) is 0 Å². The van der Waals surface area contributed by atoms with E-state index in [1.807, 2.05) is 42.5 Å². The lowest BCUT2D eigenvalue weighted by Gasteiger charge is -2.33. The number of carbonyl (C=O) groups is 1. The summed E-state index contributed by atoms with van der Waals surface area (Å²) in [7, 11) is 0. The van der Waals surface area contributed by atoms with Crippen LogP contribution in [0.15, 0.2) is 54.6 Å². The van der Waals surface area contributed by atoms with Gasteiger partial charge in [0, 0.05) is 24.0 Å². The third-order valence-corrected chi connectivity index (χ3v) is 5.04. The van der Waals surface area contributed by atoms with Gasteiger partial charge < -0.3 is 5.32 Å². The standard InChI is InChI=1S/C19H20ClNO/c1-14(22)19(11-15-5-3-2-4-6-15)13-21-12-18(19)16-7-9-17(20)10-8-16/h2-10,18,21H,11-13H2,1H3/t18-,19+/m0/s1. The van der Waals surface area contributed by atoms with Crippen molar-refractivity contribution < 1.29 is 4.79 Å². The second-order valence-corrected chi connectivity index (χ2v) is 6.55. The van der Waals surface area contributed by atoms with Crippen LogP contribution in [0.5, 0.6) is 0 Å². The zero-order valence-corrected chi connectivity index (χ0v) is 13.4. The Balaban J connectivity index is 1.97. The molecule has 0 radical (unpaired) electrons. The molecule has 2 atom stereocenters. The number of hydrogen-bond acceptors (Lipinski definition) is 2. The SMILES string of the molecule is CC(=O)[C@@]1(Cc2ccccc2)CNC[C@H]1c1ccc(Cl)cc1. The maximum atomic E-state index is 12.6. The van der Waals surface area contributed by atoms with Gasteiger partial charge in [0.15, 0.2) is 0 Å². The normalized spacial score (nSPS) is 24.4. The molecule has 0 aromatic heterocycles. The molecule has 1 saturated heterocycles. The monoisotopic (exact) mass is 313 g/mol. The maximum absolute atomic E-state index is 12.6. The maximum Gasteiger partial charge on any atom is 0.138 e. The molecule has 1 aliphatic rings. The Hall–Kier alpha value is -1.64. The fraction of sp³-hybridized carbons (Fsp3) is 0.316. The largest absolute Gasteiger partial charge is 0.315 e. The lowest BCUT2D eigenvalue weighted by atomic mass is 9.68. The summed E-state index contributed by atoms with van der Waals surface area (Å²) in [6.07, 6.45) is 0.767. The van der Waals surface area contributed by atoms with Crippen molar-refractivity contribution in [3.63, 3.8) is 0 Å². The van der Waals surface area contributed by atoms with E-state index in [-0.39, 0.29) is 17.1 Å². The first kappa shape index (κ1) is 15.3. The molecule has 3 rings (SSSR count). The molecular weight excluding hydrogens is 294 g/mol. The smallest absolute Gasteiger partial charge is 0.138 e. The van der Waals surface area contributed by atoms with Gasteiger partial charge >= 0.3 is 0 Å². The molecule has 114 valence electrons. The van der Waals surface area contributed by atoms with Crippen molar-refractivity contribution in [1.29, 1.82) is 0 Å². The van der Waals surface area contributed by atoms with Crippen LogP contribution < -0.4 is 5.32 Å². The van der Waals surface area contributed by atoms with Crippen molar-refractivity contribution in [1.82, 2.24) is 5.32 Å². The molecule has 0 amide bonds. The van der Waals surface area contributed by atoms with Gasteiger partial charge in [0.2, 0.25) is 0 Å². The molecule has 0 spiro atoms. The number of hydrogen-bond donors (Lipinski definition) is 1. The van der Waals surface area contributed by atoms with Crippen molar-refractivity contribution in [2.45, 2.75) is 19.3 Å². The van der Waals surface area contributed by atoms with Gasteiger partial charge in [-0.15, -0.1) is 0 Å². The average molecular weight is 314 g/mol. The highest BCUT2D eigenvalue weighted by atomic mass is 35.5. The van der Waals surface area contributed by atoms with Crippen LogP contribution >= 0.6 is 11.6 Å². The second kappa shape index (κ2) is 6.23. The molecule has 2 nitrogen and oxygen atoms in total.